The summed E-state index contributed by atoms with van der Waals surface area (Å²) in [4.78, 5) is 4.68. The molecule has 0 heterocycles. The fourth-order valence-corrected chi connectivity index (χ4v) is 3.78. The Morgan fingerprint density at radius 1 is 0.778 bits per heavy atom. The predicted molar refractivity (Wildman–Crippen MR) is 112 cm³/mol. The van der Waals surface area contributed by atoms with Gasteiger partial charge in [-0.2, -0.15) is 0 Å². The van der Waals surface area contributed by atoms with Gasteiger partial charge >= 0.3 is 0 Å². The van der Waals surface area contributed by atoms with E-state index in [2.05, 4.69) is 53.5 Å². The third kappa shape index (κ3) is 2.40. The van der Waals surface area contributed by atoms with Gasteiger partial charge in [0, 0.05) is 17.2 Å². The fourth-order valence-electron chi connectivity index (χ4n) is 3.78. The fraction of sp³-hybridized carbons (Fsp3) is 0.0417. The van der Waals surface area contributed by atoms with Crippen molar-refractivity contribution in [2.45, 2.75) is 0 Å². The van der Waals surface area contributed by atoms with Gasteiger partial charge in [0.05, 0.1) is 12.8 Å². The van der Waals surface area contributed by atoms with E-state index in [9.17, 15) is 5.11 Å². The minimum absolute atomic E-state index is 0.0986. The number of benzene rings is 5. The molecule has 0 radical (unpaired) electrons. The van der Waals surface area contributed by atoms with Gasteiger partial charge in [-0.15, -0.1) is 0 Å². The molecule has 0 bridgehead atoms. The minimum atomic E-state index is 0.0986. The second-order valence-electron chi connectivity index (χ2n) is 6.60. The minimum Gasteiger partial charge on any atom is -0.504 e. The molecule has 0 aliphatic rings. The van der Waals surface area contributed by atoms with Gasteiger partial charge in [-0.05, 0) is 45.1 Å². The van der Waals surface area contributed by atoms with Crippen molar-refractivity contribution in [1.29, 1.82) is 0 Å². The summed E-state index contributed by atoms with van der Waals surface area (Å²) in [5.41, 5.74) is 1.50. The van der Waals surface area contributed by atoms with E-state index >= 15 is 0 Å². The molecular formula is C24H17NO2. The molecule has 3 nitrogen and oxygen atoms in total. The Bertz CT molecular complexity index is 1300. The molecule has 5 rings (SSSR count). The van der Waals surface area contributed by atoms with Crippen LogP contribution in [-0.4, -0.2) is 18.4 Å². The number of phenolic OH excluding ortho intramolecular Hbond substituents is 1. The number of aliphatic imine (C=N–C) groups is 1. The zero-order valence-electron chi connectivity index (χ0n) is 14.8. The van der Waals surface area contributed by atoms with Crippen LogP contribution in [-0.2, 0) is 0 Å². The van der Waals surface area contributed by atoms with Crippen molar-refractivity contribution >= 4 is 44.2 Å². The van der Waals surface area contributed by atoms with E-state index in [0.29, 0.717) is 11.3 Å². The maximum absolute atomic E-state index is 10.3. The molecule has 0 aromatic heterocycles. The largest absolute Gasteiger partial charge is 0.504 e. The van der Waals surface area contributed by atoms with Crippen molar-refractivity contribution in [3.63, 3.8) is 0 Å². The van der Waals surface area contributed by atoms with Gasteiger partial charge in [0.15, 0.2) is 11.5 Å². The van der Waals surface area contributed by atoms with Crippen molar-refractivity contribution < 1.29 is 9.84 Å². The zero-order chi connectivity index (χ0) is 18.4. The third-order valence-electron chi connectivity index (χ3n) is 5.10. The van der Waals surface area contributed by atoms with E-state index in [1.807, 2.05) is 18.2 Å². The van der Waals surface area contributed by atoms with Crippen LogP contribution in [0.1, 0.15) is 5.56 Å². The van der Waals surface area contributed by atoms with Crippen LogP contribution < -0.4 is 4.74 Å². The lowest BCUT2D eigenvalue weighted by Crippen LogP contribution is -1.88. The van der Waals surface area contributed by atoms with E-state index in [1.54, 1.807) is 12.3 Å². The number of rotatable bonds is 3. The molecule has 27 heavy (non-hydrogen) atoms. The molecule has 0 fully saturated rings. The summed E-state index contributed by atoms with van der Waals surface area (Å²) in [6, 6.07) is 24.5. The molecule has 0 aliphatic carbocycles. The van der Waals surface area contributed by atoms with Gasteiger partial charge in [-0.3, -0.25) is 4.99 Å². The Morgan fingerprint density at radius 2 is 1.44 bits per heavy atom. The first kappa shape index (κ1) is 15.6. The molecule has 1 N–H and O–H groups in total. The first-order valence-electron chi connectivity index (χ1n) is 8.83. The van der Waals surface area contributed by atoms with Crippen LogP contribution in [0, 0.1) is 0 Å². The summed E-state index contributed by atoms with van der Waals surface area (Å²) in [7, 11) is 1.54. The van der Waals surface area contributed by atoms with Gasteiger partial charge in [-0.25, -0.2) is 0 Å². The van der Waals surface area contributed by atoms with Gasteiger partial charge in [-0.1, -0.05) is 54.6 Å². The summed E-state index contributed by atoms with van der Waals surface area (Å²) >= 11 is 0. The maximum atomic E-state index is 10.3. The van der Waals surface area contributed by atoms with Crippen LogP contribution in [0.5, 0.6) is 11.5 Å². The monoisotopic (exact) mass is 351 g/mol. The molecule has 5 aromatic carbocycles. The Kier molecular flexibility index (Phi) is 3.47. The SMILES string of the molecule is COc1cccc(C=Nc2ccc3ccc4cccc5ccc2c3c45)c1O. The summed E-state index contributed by atoms with van der Waals surface area (Å²) in [5.74, 6) is 0.538. The second kappa shape index (κ2) is 5.99. The highest BCUT2D eigenvalue weighted by molar-refractivity contribution is 6.25. The highest BCUT2D eigenvalue weighted by Gasteiger charge is 2.10. The van der Waals surface area contributed by atoms with Gasteiger partial charge in [0.1, 0.15) is 0 Å². The van der Waals surface area contributed by atoms with Crippen molar-refractivity contribution in [3.8, 4) is 11.5 Å². The normalized spacial score (nSPS) is 11.9. The van der Waals surface area contributed by atoms with E-state index in [1.165, 1.54) is 34.0 Å². The smallest absolute Gasteiger partial charge is 0.166 e. The Balaban J connectivity index is 1.72. The van der Waals surface area contributed by atoms with Crippen molar-refractivity contribution in [3.05, 3.63) is 78.4 Å². The summed E-state index contributed by atoms with van der Waals surface area (Å²) in [6.07, 6.45) is 1.68. The number of aromatic hydroxyl groups is 1. The average Bonchev–Trinajstić information content (AvgIpc) is 2.72. The number of phenols is 1. The molecule has 0 unspecified atom stereocenters. The molecule has 0 amide bonds. The number of ether oxygens (including phenoxy) is 1. The van der Waals surface area contributed by atoms with Crippen LogP contribution in [0.15, 0.2) is 77.8 Å². The number of hydrogen-bond donors (Lipinski definition) is 1. The van der Waals surface area contributed by atoms with E-state index in [4.69, 9.17) is 4.74 Å². The van der Waals surface area contributed by atoms with Gasteiger partial charge in [0.25, 0.3) is 0 Å². The van der Waals surface area contributed by atoms with E-state index in [0.717, 1.165) is 11.1 Å². The standard InChI is InChI=1S/C24H17NO2/c1-27-21-7-3-6-18(24(21)26)14-25-20-13-11-17-9-8-15-4-2-5-16-10-12-19(20)23(17)22(15)16/h2-14,26H,1H3. The van der Waals surface area contributed by atoms with Gasteiger partial charge < -0.3 is 9.84 Å². The molecule has 0 aliphatic heterocycles. The van der Waals surface area contributed by atoms with E-state index in [-0.39, 0.29) is 5.75 Å². The zero-order valence-corrected chi connectivity index (χ0v) is 14.8. The molecule has 130 valence electrons. The van der Waals surface area contributed by atoms with Crippen molar-refractivity contribution in [1.82, 2.24) is 0 Å². The van der Waals surface area contributed by atoms with Crippen LogP contribution in [0.4, 0.5) is 5.69 Å². The topological polar surface area (TPSA) is 41.8 Å². The van der Waals surface area contributed by atoms with Crippen LogP contribution in [0.3, 0.4) is 0 Å². The predicted octanol–water partition coefficient (Wildman–Crippen LogP) is 6.05. The van der Waals surface area contributed by atoms with Crippen molar-refractivity contribution in [2.75, 3.05) is 7.11 Å². The Morgan fingerprint density at radius 3 is 2.22 bits per heavy atom. The molecule has 0 saturated carbocycles. The van der Waals surface area contributed by atoms with Crippen LogP contribution >= 0.6 is 0 Å². The molecule has 0 spiro atoms. The van der Waals surface area contributed by atoms with Crippen LogP contribution in [0.2, 0.25) is 0 Å². The number of para-hydroxylation sites is 1. The average molecular weight is 351 g/mol. The Hall–Kier alpha value is -3.59. The first-order valence-corrected chi connectivity index (χ1v) is 8.83. The summed E-state index contributed by atoms with van der Waals surface area (Å²) in [6.45, 7) is 0. The van der Waals surface area contributed by atoms with Gasteiger partial charge in [0.2, 0.25) is 0 Å². The molecule has 5 aromatic rings. The maximum Gasteiger partial charge on any atom is 0.166 e. The third-order valence-corrected chi connectivity index (χ3v) is 5.10. The first-order chi connectivity index (χ1) is 13.3. The summed E-state index contributed by atoms with van der Waals surface area (Å²) in [5, 5.41) is 17.6. The lowest BCUT2D eigenvalue weighted by molar-refractivity contribution is 0.373. The quantitative estimate of drug-likeness (QED) is 0.318. The number of hydrogen-bond acceptors (Lipinski definition) is 3. The lowest BCUT2D eigenvalue weighted by atomic mass is 9.93. The molecule has 0 saturated heterocycles. The van der Waals surface area contributed by atoms with E-state index < -0.39 is 0 Å². The second-order valence-corrected chi connectivity index (χ2v) is 6.60. The highest BCUT2D eigenvalue weighted by Crippen LogP contribution is 2.38. The lowest BCUT2D eigenvalue weighted by Gasteiger charge is -2.12. The number of methoxy groups -OCH3 is 1. The van der Waals surface area contributed by atoms with Crippen LogP contribution in [0.25, 0.3) is 32.3 Å². The molecule has 0 atom stereocenters. The summed E-state index contributed by atoms with van der Waals surface area (Å²) < 4.78 is 5.17. The molecule has 3 heteroatoms. The Labute approximate surface area is 156 Å². The molecular weight excluding hydrogens is 334 g/mol. The van der Waals surface area contributed by atoms with Crippen molar-refractivity contribution in [2.24, 2.45) is 4.99 Å². The number of nitrogens with zero attached hydrogens (tertiary/aromatic N) is 1. The highest BCUT2D eigenvalue weighted by atomic mass is 16.5.